The van der Waals surface area contributed by atoms with E-state index in [0.717, 1.165) is 25.3 Å². The van der Waals surface area contributed by atoms with Crippen molar-refractivity contribution in [2.45, 2.75) is 56.8 Å². The van der Waals surface area contributed by atoms with Gasteiger partial charge in [0.05, 0.1) is 29.9 Å². The van der Waals surface area contributed by atoms with Crippen LogP contribution in [0.1, 0.15) is 44.6 Å². The van der Waals surface area contributed by atoms with E-state index < -0.39 is 29.2 Å². The van der Waals surface area contributed by atoms with Crippen LogP contribution in [0, 0.1) is 11.3 Å². The normalized spacial score (nSPS) is 17.3. The van der Waals surface area contributed by atoms with E-state index >= 15 is 0 Å². The molecule has 1 aliphatic carbocycles. The van der Waals surface area contributed by atoms with Crippen molar-refractivity contribution in [2.75, 3.05) is 18.9 Å². The summed E-state index contributed by atoms with van der Waals surface area (Å²) in [6.07, 6.45) is -0.679. The number of rotatable bonds is 6. The molecule has 0 heterocycles. The number of anilines is 1. The number of hydrogen-bond acceptors (Lipinski definition) is 4. The smallest absolute Gasteiger partial charge is 0.336 e. The molecule has 1 atom stereocenters. The third-order valence-electron chi connectivity index (χ3n) is 5.22. The Bertz CT molecular complexity index is 783. The number of benzene rings is 1. The number of nitrogens with one attached hydrogen (secondary N) is 2. The fourth-order valence-electron chi connectivity index (χ4n) is 3.35. The molecule has 0 spiro atoms. The van der Waals surface area contributed by atoms with E-state index in [4.69, 9.17) is 0 Å². The average molecular weight is 410 g/mol. The number of para-hydroxylation sites is 1. The van der Waals surface area contributed by atoms with Gasteiger partial charge in [0.15, 0.2) is 0 Å². The molecule has 0 aromatic heterocycles. The lowest BCUT2D eigenvalue weighted by Gasteiger charge is -2.34. The molecule has 2 amide bonds. The molecule has 0 unspecified atom stereocenters. The number of amides is 2. The molecule has 1 aromatic rings. The molecule has 1 aliphatic rings. The summed E-state index contributed by atoms with van der Waals surface area (Å²) >= 11 is 0. The molecule has 1 fully saturated rings. The molecule has 2 N–H and O–H groups in total. The Balaban J connectivity index is 1.97. The van der Waals surface area contributed by atoms with Crippen LogP contribution in [-0.2, 0) is 15.8 Å². The first-order valence-electron chi connectivity index (χ1n) is 9.47. The zero-order valence-corrected chi connectivity index (χ0v) is 16.5. The maximum absolute atomic E-state index is 13.0. The van der Waals surface area contributed by atoms with Gasteiger partial charge in [0.25, 0.3) is 0 Å². The second-order valence-corrected chi connectivity index (χ2v) is 7.43. The summed E-state index contributed by atoms with van der Waals surface area (Å²) < 4.78 is 39.1. The largest absolute Gasteiger partial charge is 0.418 e. The quantitative estimate of drug-likeness (QED) is 0.754. The van der Waals surface area contributed by atoms with Crippen LogP contribution in [0.2, 0.25) is 0 Å². The molecular weight excluding hydrogens is 385 g/mol. The standard InChI is InChI=1S/C20H25F3N4O2/c1-14(18(29)26-19(13-24)10-6-3-7-11-19)27(2)12-17(28)25-16-9-5-4-8-15(16)20(21,22)23/h4-5,8-9,14H,3,6-7,10-12H2,1-2H3,(H,25,28)(H,26,29)/t14-/m0/s1. The molecule has 1 aromatic carbocycles. The van der Waals surface area contributed by atoms with Crippen LogP contribution in [0.3, 0.4) is 0 Å². The number of halogens is 3. The number of likely N-dealkylation sites (N-methyl/N-ethyl adjacent to an activating group) is 1. The molecule has 2 rings (SSSR count). The summed E-state index contributed by atoms with van der Waals surface area (Å²) in [5.41, 5.74) is -2.16. The average Bonchev–Trinajstić information content (AvgIpc) is 2.67. The monoisotopic (exact) mass is 410 g/mol. The molecule has 29 heavy (non-hydrogen) atoms. The molecular formula is C20H25F3N4O2. The minimum absolute atomic E-state index is 0.277. The van der Waals surface area contributed by atoms with E-state index in [0.29, 0.717) is 12.8 Å². The molecule has 158 valence electrons. The molecule has 0 radical (unpaired) electrons. The summed E-state index contributed by atoms with van der Waals surface area (Å²) in [5, 5.41) is 14.5. The predicted octanol–water partition coefficient (Wildman–Crippen LogP) is 3.31. The lowest BCUT2D eigenvalue weighted by atomic mass is 9.82. The molecule has 0 aliphatic heterocycles. The van der Waals surface area contributed by atoms with Crippen molar-refractivity contribution < 1.29 is 22.8 Å². The van der Waals surface area contributed by atoms with Crippen molar-refractivity contribution in [3.05, 3.63) is 29.8 Å². The van der Waals surface area contributed by atoms with Gasteiger partial charge in [-0.1, -0.05) is 31.4 Å². The van der Waals surface area contributed by atoms with Crippen LogP contribution in [0.5, 0.6) is 0 Å². The van der Waals surface area contributed by atoms with Gasteiger partial charge in [-0.25, -0.2) is 0 Å². The van der Waals surface area contributed by atoms with Gasteiger partial charge < -0.3 is 10.6 Å². The van der Waals surface area contributed by atoms with Crippen LogP contribution in [0.4, 0.5) is 18.9 Å². The van der Waals surface area contributed by atoms with Crippen molar-refractivity contribution in [2.24, 2.45) is 0 Å². The van der Waals surface area contributed by atoms with Crippen molar-refractivity contribution in [1.82, 2.24) is 10.2 Å². The Morgan fingerprint density at radius 3 is 2.45 bits per heavy atom. The fraction of sp³-hybridized carbons (Fsp3) is 0.550. The van der Waals surface area contributed by atoms with E-state index in [1.807, 2.05) is 0 Å². The number of nitrogens with zero attached hydrogens (tertiary/aromatic N) is 2. The number of alkyl halides is 3. The molecule has 9 heteroatoms. The Morgan fingerprint density at radius 2 is 1.86 bits per heavy atom. The topological polar surface area (TPSA) is 85.2 Å². The van der Waals surface area contributed by atoms with E-state index in [1.165, 1.54) is 30.1 Å². The minimum atomic E-state index is -4.59. The van der Waals surface area contributed by atoms with Crippen molar-refractivity contribution in [3.63, 3.8) is 0 Å². The zero-order valence-electron chi connectivity index (χ0n) is 16.5. The van der Waals surface area contributed by atoms with Crippen LogP contribution >= 0.6 is 0 Å². The number of hydrogen-bond donors (Lipinski definition) is 2. The Hall–Kier alpha value is -2.60. The first-order valence-corrected chi connectivity index (χ1v) is 9.47. The van der Waals surface area contributed by atoms with Crippen LogP contribution in [0.15, 0.2) is 24.3 Å². The van der Waals surface area contributed by atoms with Gasteiger partial charge in [0.2, 0.25) is 11.8 Å². The summed E-state index contributed by atoms with van der Waals surface area (Å²) in [4.78, 5) is 26.2. The highest BCUT2D eigenvalue weighted by atomic mass is 19.4. The highest BCUT2D eigenvalue weighted by molar-refractivity contribution is 5.93. The Labute approximate surface area is 168 Å². The number of nitriles is 1. The van der Waals surface area contributed by atoms with Gasteiger partial charge in [-0.05, 0) is 38.9 Å². The third kappa shape index (κ3) is 5.94. The first kappa shape index (κ1) is 22.7. The summed E-state index contributed by atoms with van der Waals surface area (Å²) in [5.74, 6) is -1.06. The maximum atomic E-state index is 13.0. The highest BCUT2D eigenvalue weighted by Crippen LogP contribution is 2.34. The molecule has 0 bridgehead atoms. The van der Waals surface area contributed by atoms with Crippen LogP contribution in [-0.4, -0.2) is 41.9 Å². The minimum Gasteiger partial charge on any atom is -0.336 e. The second-order valence-electron chi connectivity index (χ2n) is 7.43. The zero-order chi connectivity index (χ0) is 21.7. The predicted molar refractivity (Wildman–Crippen MR) is 102 cm³/mol. The van der Waals surface area contributed by atoms with E-state index in [2.05, 4.69) is 16.7 Å². The lowest BCUT2D eigenvalue weighted by molar-refractivity contribution is -0.137. The summed E-state index contributed by atoms with van der Waals surface area (Å²) in [6.45, 7) is 1.31. The van der Waals surface area contributed by atoms with Crippen LogP contribution < -0.4 is 10.6 Å². The fourth-order valence-corrected chi connectivity index (χ4v) is 3.35. The van der Waals surface area contributed by atoms with Crippen molar-refractivity contribution in [3.8, 4) is 6.07 Å². The molecule has 6 nitrogen and oxygen atoms in total. The first-order chi connectivity index (χ1) is 13.6. The van der Waals surface area contributed by atoms with Crippen LogP contribution in [0.25, 0.3) is 0 Å². The van der Waals surface area contributed by atoms with Gasteiger partial charge in [-0.15, -0.1) is 0 Å². The van der Waals surface area contributed by atoms with Gasteiger partial charge in [0, 0.05) is 0 Å². The molecule has 0 saturated heterocycles. The van der Waals surface area contributed by atoms with Gasteiger partial charge >= 0.3 is 6.18 Å². The van der Waals surface area contributed by atoms with Gasteiger partial charge in [-0.3, -0.25) is 14.5 Å². The van der Waals surface area contributed by atoms with E-state index in [-0.39, 0.29) is 18.1 Å². The second kappa shape index (κ2) is 9.27. The lowest BCUT2D eigenvalue weighted by Crippen LogP contribution is -2.55. The van der Waals surface area contributed by atoms with Gasteiger partial charge in [0.1, 0.15) is 5.54 Å². The molecule has 1 saturated carbocycles. The Kier molecular flexibility index (Phi) is 7.25. The SMILES string of the molecule is C[C@@H](C(=O)NC1(C#N)CCCCC1)N(C)CC(=O)Nc1ccccc1C(F)(F)F. The van der Waals surface area contributed by atoms with E-state index in [1.54, 1.807) is 6.92 Å². The summed E-state index contributed by atoms with van der Waals surface area (Å²) in [7, 11) is 1.53. The summed E-state index contributed by atoms with van der Waals surface area (Å²) in [6, 6.07) is 6.18. The number of carbonyl (C=O) groups excluding carboxylic acids is 2. The highest BCUT2D eigenvalue weighted by Gasteiger charge is 2.36. The van der Waals surface area contributed by atoms with Gasteiger partial charge in [-0.2, -0.15) is 18.4 Å². The number of carbonyl (C=O) groups is 2. The maximum Gasteiger partial charge on any atom is 0.418 e. The van der Waals surface area contributed by atoms with Crippen molar-refractivity contribution in [1.29, 1.82) is 5.26 Å². The third-order valence-corrected chi connectivity index (χ3v) is 5.22. The Morgan fingerprint density at radius 1 is 1.24 bits per heavy atom. The van der Waals surface area contributed by atoms with E-state index in [9.17, 15) is 28.0 Å². The van der Waals surface area contributed by atoms with Crippen molar-refractivity contribution >= 4 is 17.5 Å².